The summed E-state index contributed by atoms with van der Waals surface area (Å²) in [5.41, 5.74) is 5.70. The summed E-state index contributed by atoms with van der Waals surface area (Å²) >= 11 is 0. The van der Waals surface area contributed by atoms with Crippen molar-refractivity contribution in [2.75, 3.05) is 38.0 Å². The largest absolute Gasteiger partial charge is 0.493 e. The van der Waals surface area contributed by atoms with Crippen molar-refractivity contribution in [3.05, 3.63) is 18.5 Å². The number of nitrogens with one attached hydrogen (secondary N) is 1. The van der Waals surface area contributed by atoms with Gasteiger partial charge in [-0.3, -0.25) is 0 Å². The SMILES string of the molecule is COc1cc2ncnc(N3CCC(C(C)CS(=O)(=O)NC(N)=O)CC3)c2cc1OC. The van der Waals surface area contributed by atoms with E-state index in [0.29, 0.717) is 11.5 Å². The van der Waals surface area contributed by atoms with Crippen LogP contribution in [0.15, 0.2) is 18.5 Å². The van der Waals surface area contributed by atoms with Crippen LogP contribution >= 0.6 is 0 Å². The molecule has 2 aromatic rings. The van der Waals surface area contributed by atoms with Crippen LogP contribution in [0.25, 0.3) is 10.9 Å². The molecule has 3 rings (SSSR count). The Morgan fingerprint density at radius 2 is 1.87 bits per heavy atom. The topological polar surface area (TPSA) is 137 Å². The lowest BCUT2D eigenvalue weighted by molar-refractivity contribution is 0.253. The van der Waals surface area contributed by atoms with Gasteiger partial charge in [0.15, 0.2) is 11.5 Å². The number of sulfonamides is 1. The van der Waals surface area contributed by atoms with Crippen LogP contribution in [0.5, 0.6) is 11.5 Å². The molecule has 0 saturated carbocycles. The van der Waals surface area contributed by atoms with Gasteiger partial charge in [-0.2, -0.15) is 0 Å². The predicted molar refractivity (Wildman–Crippen MR) is 113 cm³/mol. The Bertz CT molecular complexity index is 1020. The number of rotatable bonds is 7. The second kappa shape index (κ2) is 8.90. The van der Waals surface area contributed by atoms with Crippen molar-refractivity contribution in [1.29, 1.82) is 0 Å². The number of methoxy groups -OCH3 is 2. The number of fused-ring (bicyclic) bond motifs is 1. The number of nitrogens with zero attached hydrogens (tertiary/aromatic N) is 3. The van der Waals surface area contributed by atoms with Crippen LogP contribution in [0.3, 0.4) is 0 Å². The maximum atomic E-state index is 12.0. The molecule has 1 aliphatic rings. The highest BCUT2D eigenvalue weighted by molar-refractivity contribution is 7.90. The Kier molecular flexibility index (Phi) is 6.49. The van der Waals surface area contributed by atoms with E-state index in [4.69, 9.17) is 15.2 Å². The van der Waals surface area contributed by atoms with Crippen LogP contribution in [-0.2, 0) is 10.0 Å². The van der Waals surface area contributed by atoms with E-state index < -0.39 is 16.1 Å². The Morgan fingerprint density at radius 1 is 1.23 bits per heavy atom. The number of ether oxygens (including phenoxy) is 2. The van der Waals surface area contributed by atoms with Gasteiger partial charge in [-0.05, 0) is 30.7 Å². The molecule has 164 valence electrons. The second-order valence-corrected chi connectivity index (χ2v) is 9.24. The number of carbonyl (C=O) groups excluding carboxylic acids is 1. The summed E-state index contributed by atoms with van der Waals surface area (Å²) in [6.07, 6.45) is 3.15. The van der Waals surface area contributed by atoms with Gasteiger partial charge in [-0.25, -0.2) is 27.9 Å². The molecule has 10 nitrogen and oxygen atoms in total. The normalized spacial score (nSPS) is 16.3. The molecule has 0 spiro atoms. The van der Waals surface area contributed by atoms with Crippen molar-refractivity contribution in [1.82, 2.24) is 14.7 Å². The van der Waals surface area contributed by atoms with Gasteiger partial charge in [0.05, 0.1) is 25.5 Å². The van der Waals surface area contributed by atoms with Crippen molar-refractivity contribution >= 4 is 32.8 Å². The van der Waals surface area contributed by atoms with Crippen molar-refractivity contribution in [3.63, 3.8) is 0 Å². The Morgan fingerprint density at radius 3 is 2.47 bits per heavy atom. The highest BCUT2D eigenvalue weighted by Crippen LogP contribution is 2.36. The van der Waals surface area contributed by atoms with E-state index in [2.05, 4.69) is 14.9 Å². The zero-order chi connectivity index (χ0) is 21.9. The number of urea groups is 1. The maximum Gasteiger partial charge on any atom is 0.325 e. The van der Waals surface area contributed by atoms with Crippen LogP contribution in [0.4, 0.5) is 10.6 Å². The van der Waals surface area contributed by atoms with Gasteiger partial charge in [-0.1, -0.05) is 6.92 Å². The zero-order valence-electron chi connectivity index (χ0n) is 17.3. The van der Waals surface area contributed by atoms with Gasteiger partial charge in [-0.15, -0.1) is 0 Å². The van der Waals surface area contributed by atoms with Gasteiger partial charge in [0.2, 0.25) is 10.0 Å². The first-order valence-corrected chi connectivity index (χ1v) is 11.3. The molecule has 30 heavy (non-hydrogen) atoms. The molecular weight excluding hydrogens is 410 g/mol. The number of benzene rings is 1. The summed E-state index contributed by atoms with van der Waals surface area (Å²) in [7, 11) is -0.558. The molecule has 1 saturated heterocycles. The van der Waals surface area contributed by atoms with E-state index in [9.17, 15) is 13.2 Å². The molecule has 0 radical (unpaired) electrons. The number of amides is 2. The van der Waals surface area contributed by atoms with E-state index in [1.54, 1.807) is 14.2 Å². The van der Waals surface area contributed by atoms with Crippen molar-refractivity contribution in [2.45, 2.75) is 19.8 Å². The Balaban J connectivity index is 1.73. The molecule has 1 atom stereocenters. The lowest BCUT2D eigenvalue weighted by Gasteiger charge is -2.35. The Hall–Kier alpha value is -2.82. The summed E-state index contributed by atoms with van der Waals surface area (Å²) in [6, 6.07) is 2.64. The first-order chi connectivity index (χ1) is 14.2. The van der Waals surface area contributed by atoms with Gasteiger partial charge in [0.25, 0.3) is 0 Å². The number of hydrogen-bond acceptors (Lipinski definition) is 8. The molecule has 0 aliphatic carbocycles. The minimum absolute atomic E-state index is 0.101. The van der Waals surface area contributed by atoms with Crippen molar-refractivity contribution < 1.29 is 22.7 Å². The number of carbonyl (C=O) groups is 1. The lowest BCUT2D eigenvalue weighted by Crippen LogP contribution is -2.41. The molecule has 1 aromatic heterocycles. The molecule has 0 bridgehead atoms. The molecule has 1 fully saturated rings. The second-order valence-electron chi connectivity index (χ2n) is 7.47. The zero-order valence-corrected chi connectivity index (χ0v) is 18.1. The van der Waals surface area contributed by atoms with E-state index >= 15 is 0 Å². The number of hydrogen-bond donors (Lipinski definition) is 2. The van der Waals surface area contributed by atoms with E-state index in [-0.39, 0.29) is 17.6 Å². The van der Waals surface area contributed by atoms with E-state index in [1.165, 1.54) is 6.33 Å². The fourth-order valence-corrected chi connectivity index (χ4v) is 5.33. The first-order valence-electron chi connectivity index (χ1n) is 9.65. The quantitative estimate of drug-likeness (QED) is 0.665. The van der Waals surface area contributed by atoms with E-state index in [1.807, 2.05) is 23.8 Å². The van der Waals surface area contributed by atoms with Gasteiger partial charge < -0.3 is 20.1 Å². The van der Waals surface area contributed by atoms with E-state index in [0.717, 1.165) is 42.7 Å². The molecule has 3 N–H and O–H groups in total. The monoisotopic (exact) mass is 437 g/mol. The van der Waals surface area contributed by atoms with Crippen LogP contribution in [0.1, 0.15) is 19.8 Å². The summed E-state index contributed by atoms with van der Waals surface area (Å²) < 4.78 is 36.5. The number of anilines is 1. The summed E-state index contributed by atoms with van der Waals surface area (Å²) in [5.74, 6) is 2.01. The van der Waals surface area contributed by atoms with Gasteiger partial charge in [0, 0.05) is 24.5 Å². The average Bonchev–Trinajstić information content (AvgIpc) is 2.70. The number of nitrogens with two attached hydrogens (primary N) is 1. The van der Waals surface area contributed by atoms with Gasteiger partial charge >= 0.3 is 6.03 Å². The van der Waals surface area contributed by atoms with Crippen LogP contribution in [0.2, 0.25) is 0 Å². The van der Waals surface area contributed by atoms with Crippen molar-refractivity contribution in [3.8, 4) is 11.5 Å². The molecule has 1 unspecified atom stereocenters. The molecule has 2 heterocycles. The summed E-state index contributed by atoms with van der Waals surface area (Å²) in [4.78, 5) is 21.9. The minimum Gasteiger partial charge on any atom is -0.493 e. The molecule has 1 aromatic carbocycles. The first kappa shape index (κ1) is 21.9. The lowest BCUT2D eigenvalue weighted by atomic mass is 9.86. The highest BCUT2D eigenvalue weighted by Gasteiger charge is 2.29. The Labute approximate surface area is 175 Å². The summed E-state index contributed by atoms with van der Waals surface area (Å²) in [5, 5.41) is 0.870. The predicted octanol–water partition coefficient (Wildman–Crippen LogP) is 1.50. The number of aromatic nitrogens is 2. The third-order valence-corrected chi connectivity index (χ3v) is 6.98. The number of piperidine rings is 1. The highest BCUT2D eigenvalue weighted by atomic mass is 32.2. The smallest absolute Gasteiger partial charge is 0.325 e. The molecule has 11 heteroatoms. The van der Waals surface area contributed by atoms with Crippen LogP contribution < -0.4 is 24.8 Å². The third-order valence-electron chi connectivity index (χ3n) is 5.50. The molecular formula is C19H27N5O5S. The molecule has 2 amide bonds. The molecule has 1 aliphatic heterocycles. The summed E-state index contributed by atoms with van der Waals surface area (Å²) in [6.45, 7) is 3.36. The van der Waals surface area contributed by atoms with Crippen LogP contribution in [-0.4, -0.2) is 57.5 Å². The minimum atomic E-state index is -3.72. The van der Waals surface area contributed by atoms with Crippen molar-refractivity contribution in [2.24, 2.45) is 17.6 Å². The fraction of sp³-hybridized carbons (Fsp3) is 0.526. The third kappa shape index (κ3) is 4.84. The van der Waals surface area contributed by atoms with Gasteiger partial charge in [0.1, 0.15) is 12.1 Å². The number of primary amides is 1. The maximum absolute atomic E-state index is 12.0. The fourth-order valence-electron chi connectivity index (χ4n) is 3.98. The average molecular weight is 438 g/mol. The standard InChI is InChI=1S/C19H27N5O5S/c1-12(10-30(26,27)23-19(20)25)13-4-6-24(7-5-13)18-14-8-16(28-2)17(29-3)9-15(14)21-11-22-18/h8-9,11-13H,4-7,10H2,1-3H3,(H3,20,23,25). The van der Waals surface area contributed by atoms with Crippen LogP contribution in [0, 0.1) is 11.8 Å².